The van der Waals surface area contributed by atoms with E-state index >= 15 is 0 Å². The van der Waals surface area contributed by atoms with E-state index in [2.05, 4.69) is 27.7 Å². The Hall–Kier alpha value is -2.30. The second kappa shape index (κ2) is 5.14. The van der Waals surface area contributed by atoms with E-state index in [-0.39, 0.29) is 0 Å². The summed E-state index contributed by atoms with van der Waals surface area (Å²) in [5.41, 5.74) is 1.90. The van der Waals surface area contributed by atoms with Gasteiger partial charge in [0.1, 0.15) is 5.69 Å². The van der Waals surface area contributed by atoms with E-state index in [9.17, 15) is 0 Å². The fraction of sp³-hybridized carbons (Fsp3) is 0.286. The minimum absolute atomic E-state index is 0.402. The zero-order chi connectivity index (χ0) is 13.1. The van der Waals surface area contributed by atoms with Crippen LogP contribution in [0, 0.1) is 0 Å². The molecule has 0 fully saturated rings. The van der Waals surface area contributed by atoms with Gasteiger partial charge >= 0.3 is 0 Å². The van der Waals surface area contributed by atoms with Gasteiger partial charge in [-0.3, -0.25) is 4.99 Å². The van der Waals surface area contributed by atoms with E-state index in [0.29, 0.717) is 12.6 Å². The molecule has 1 aromatic heterocycles. The number of hydrogen-bond acceptors (Lipinski definition) is 5. The van der Waals surface area contributed by atoms with Crippen LogP contribution in [-0.4, -0.2) is 23.7 Å². The zero-order valence-corrected chi connectivity index (χ0v) is 10.8. The van der Waals surface area contributed by atoms with Gasteiger partial charge in [-0.15, -0.1) is 0 Å². The third-order valence-electron chi connectivity index (χ3n) is 2.96. The summed E-state index contributed by atoms with van der Waals surface area (Å²) < 4.78 is 5.34. The molecular weight excluding hydrogens is 240 g/mol. The third kappa shape index (κ3) is 2.76. The fourth-order valence-electron chi connectivity index (χ4n) is 1.97. The van der Waals surface area contributed by atoms with Crippen molar-refractivity contribution in [1.82, 2.24) is 15.8 Å². The van der Waals surface area contributed by atoms with Crippen LogP contribution in [0.5, 0.6) is 0 Å². The number of nitrogens with one attached hydrogen (secondary N) is 2. The summed E-state index contributed by atoms with van der Waals surface area (Å²) in [5.74, 6) is 1.61. The molecule has 0 aliphatic carbocycles. The first-order chi connectivity index (χ1) is 9.31. The van der Waals surface area contributed by atoms with Crippen molar-refractivity contribution in [3.05, 3.63) is 42.1 Å². The van der Waals surface area contributed by atoms with E-state index < -0.39 is 0 Å². The first-order valence-corrected chi connectivity index (χ1v) is 6.37. The first kappa shape index (κ1) is 11.8. The second-order valence-electron chi connectivity index (χ2n) is 4.64. The molecular formula is C14H16N4O. The minimum atomic E-state index is 0.402. The van der Waals surface area contributed by atoms with Gasteiger partial charge in [-0.2, -0.15) is 0 Å². The van der Waals surface area contributed by atoms with Crippen molar-refractivity contribution >= 4 is 5.96 Å². The lowest BCUT2D eigenvalue weighted by molar-refractivity contribution is 0.422. The average Bonchev–Trinajstić information content (AvgIpc) is 3.06. The van der Waals surface area contributed by atoms with Crippen molar-refractivity contribution in [2.45, 2.75) is 19.5 Å². The molecule has 1 aliphatic rings. The standard InChI is InChI=1S/C14H16N4O/c1-10-8-15-14(17-10)16-9-12-7-13(19-18-12)11-5-3-2-4-6-11/h2-7,10H,8-9H2,1H3,(H2,15,16,17). The van der Waals surface area contributed by atoms with Crippen molar-refractivity contribution in [1.29, 1.82) is 0 Å². The molecule has 1 aliphatic heterocycles. The molecule has 0 bridgehead atoms. The maximum Gasteiger partial charge on any atom is 0.191 e. The van der Waals surface area contributed by atoms with Crippen LogP contribution in [0.3, 0.4) is 0 Å². The first-order valence-electron chi connectivity index (χ1n) is 6.37. The molecule has 19 heavy (non-hydrogen) atoms. The van der Waals surface area contributed by atoms with E-state index in [1.165, 1.54) is 0 Å². The number of aromatic nitrogens is 1. The third-order valence-corrected chi connectivity index (χ3v) is 2.96. The molecule has 0 saturated heterocycles. The normalized spacial score (nSPS) is 17.9. The quantitative estimate of drug-likeness (QED) is 0.878. The van der Waals surface area contributed by atoms with Crippen LogP contribution < -0.4 is 10.6 Å². The Bertz CT molecular complexity index is 576. The summed E-state index contributed by atoms with van der Waals surface area (Å²) in [7, 11) is 0. The Balaban J connectivity index is 1.63. The van der Waals surface area contributed by atoms with Gasteiger partial charge in [0, 0.05) is 17.7 Å². The van der Waals surface area contributed by atoms with Crippen LogP contribution in [0.1, 0.15) is 12.6 Å². The minimum Gasteiger partial charge on any atom is -0.356 e. The predicted octanol–water partition coefficient (Wildman–Crippen LogP) is 1.78. The Morgan fingerprint density at radius 2 is 2.21 bits per heavy atom. The molecule has 0 saturated carbocycles. The lowest BCUT2D eigenvalue weighted by atomic mass is 10.2. The van der Waals surface area contributed by atoms with Gasteiger partial charge in [-0.1, -0.05) is 35.5 Å². The summed E-state index contributed by atoms with van der Waals surface area (Å²) in [6.07, 6.45) is 0. The number of benzene rings is 1. The number of guanidine groups is 1. The summed E-state index contributed by atoms with van der Waals surface area (Å²) in [6, 6.07) is 12.3. The molecule has 1 aromatic carbocycles. The Morgan fingerprint density at radius 3 is 2.95 bits per heavy atom. The molecule has 5 nitrogen and oxygen atoms in total. The summed E-state index contributed by atoms with van der Waals surface area (Å²) in [4.78, 5) is 4.33. The molecule has 2 aromatic rings. The van der Waals surface area contributed by atoms with E-state index in [0.717, 1.165) is 29.5 Å². The van der Waals surface area contributed by atoms with Gasteiger partial charge < -0.3 is 15.2 Å². The largest absolute Gasteiger partial charge is 0.356 e. The van der Waals surface area contributed by atoms with E-state index in [4.69, 9.17) is 4.52 Å². The molecule has 1 atom stereocenters. The molecule has 98 valence electrons. The summed E-state index contributed by atoms with van der Waals surface area (Å²) >= 11 is 0. The Morgan fingerprint density at radius 1 is 1.37 bits per heavy atom. The predicted molar refractivity (Wildman–Crippen MR) is 73.7 cm³/mol. The lowest BCUT2D eigenvalue weighted by Gasteiger charge is -2.06. The smallest absolute Gasteiger partial charge is 0.191 e. The molecule has 2 N–H and O–H groups in total. The summed E-state index contributed by atoms with van der Waals surface area (Å²) in [5, 5.41) is 10.5. The zero-order valence-electron chi connectivity index (χ0n) is 10.8. The highest BCUT2D eigenvalue weighted by Crippen LogP contribution is 2.19. The molecule has 0 spiro atoms. The van der Waals surface area contributed by atoms with Crippen LogP contribution in [-0.2, 0) is 6.54 Å². The van der Waals surface area contributed by atoms with Crippen LogP contribution in [0.25, 0.3) is 11.3 Å². The number of rotatable bonds is 3. The highest BCUT2D eigenvalue weighted by Gasteiger charge is 2.12. The highest BCUT2D eigenvalue weighted by atomic mass is 16.5. The second-order valence-corrected chi connectivity index (χ2v) is 4.64. The Labute approximate surface area is 111 Å². The fourth-order valence-corrected chi connectivity index (χ4v) is 1.97. The van der Waals surface area contributed by atoms with Gasteiger partial charge in [0.05, 0.1) is 13.1 Å². The van der Waals surface area contributed by atoms with Crippen molar-refractivity contribution in [3.8, 4) is 11.3 Å². The van der Waals surface area contributed by atoms with Gasteiger partial charge in [0.15, 0.2) is 11.7 Å². The van der Waals surface area contributed by atoms with Crippen molar-refractivity contribution < 1.29 is 4.52 Å². The molecule has 1 unspecified atom stereocenters. The van der Waals surface area contributed by atoms with Crippen LogP contribution in [0.15, 0.2) is 45.9 Å². The van der Waals surface area contributed by atoms with Crippen LogP contribution >= 0.6 is 0 Å². The number of nitrogens with zero attached hydrogens (tertiary/aromatic N) is 2. The average molecular weight is 256 g/mol. The van der Waals surface area contributed by atoms with Crippen LogP contribution in [0.4, 0.5) is 0 Å². The molecule has 5 heteroatoms. The summed E-state index contributed by atoms with van der Waals surface area (Å²) in [6.45, 7) is 3.52. The molecule has 2 heterocycles. The highest BCUT2D eigenvalue weighted by molar-refractivity contribution is 5.81. The SMILES string of the molecule is CC1CN=C(NCc2cc(-c3ccccc3)on2)N1. The van der Waals surface area contributed by atoms with Gasteiger partial charge in [-0.05, 0) is 6.92 Å². The van der Waals surface area contributed by atoms with Gasteiger partial charge in [0.2, 0.25) is 0 Å². The molecule has 0 amide bonds. The lowest BCUT2D eigenvalue weighted by Crippen LogP contribution is -2.37. The number of aliphatic imine (C=N–C) groups is 1. The molecule has 0 radical (unpaired) electrons. The maximum absolute atomic E-state index is 5.34. The van der Waals surface area contributed by atoms with Crippen molar-refractivity contribution in [2.75, 3.05) is 6.54 Å². The number of hydrogen-bond donors (Lipinski definition) is 2. The topological polar surface area (TPSA) is 62.5 Å². The van der Waals surface area contributed by atoms with Crippen molar-refractivity contribution in [2.24, 2.45) is 4.99 Å². The van der Waals surface area contributed by atoms with E-state index in [1.54, 1.807) is 0 Å². The van der Waals surface area contributed by atoms with Gasteiger partial charge in [-0.25, -0.2) is 0 Å². The van der Waals surface area contributed by atoms with Crippen LogP contribution in [0.2, 0.25) is 0 Å². The maximum atomic E-state index is 5.34. The van der Waals surface area contributed by atoms with E-state index in [1.807, 2.05) is 36.4 Å². The van der Waals surface area contributed by atoms with Crippen molar-refractivity contribution in [3.63, 3.8) is 0 Å². The van der Waals surface area contributed by atoms with Gasteiger partial charge in [0.25, 0.3) is 0 Å². The monoisotopic (exact) mass is 256 g/mol. The molecule has 3 rings (SSSR count). The Kier molecular flexibility index (Phi) is 3.18.